The van der Waals surface area contributed by atoms with E-state index in [-0.39, 0.29) is 6.10 Å². The van der Waals surface area contributed by atoms with Crippen molar-refractivity contribution in [3.05, 3.63) is 35.4 Å². The lowest BCUT2D eigenvalue weighted by atomic mass is 9.89. The largest absolute Gasteiger partial charge is 0.383 e. The van der Waals surface area contributed by atoms with Crippen molar-refractivity contribution in [2.24, 2.45) is 0 Å². The summed E-state index contributed by atoms with van der Waals surface area (Å²) in [5.74, 6) is 0. The molecule has 0 saturated carbocycles. The fourth-order valence-corrected chi connectivity index (χ4v) is 2.70. The number of hydrogen-bond acceptors (Lipinski definition) is 3. The topological polar surface area (TPSA) is 30.5 Å². The van der Waals surface area contributed by atoms with Crippen molar-refractivity contribution in [3.63, 3.8) is 0 Å². The average Bonchev–Trinajstić information content (AvgIpc) is 2.44. The lowest BCUT2D eigenvalue weighted by molar-refractivity contribution is 0.0403. The van der Waals surface area contributed by atoms with Gasteiger partial charge >= 0.3 is 0 Å². The van der Waals surface area contributed by atoms with Gasteiger partial charge < -0.3 is 14.8 Å². The number of ether oxygens (including phenoxy) is 2. The van der Waals surface area contributed by atoms with Crippen LogP contribution in [0.15, 0.2) is 24.3 Å². The van der Waals surface area contributed by atoms with Crippen LogP contribution in [-0.2, 0) is 15.9 Å². The Morgan fingerprint density at radius 1 is 1.37 bits per heavy atom. The second kappa shape index (κ2) is 7.63. The summed E-state index contributed by atoms with van der Waals surface area (Å²) in [6.07, 6.45) is 3.85. The lowest BCUT2D eigenvalue weighted by Gasteiger charge is -2.26. The van der Waals surface area contributed by atoms with Gasteiger partial charge in [-0.2, -0.15) is 0 Å². The third kappa shape index (κ3) is 4.30. The molecule has 0 aromatic heterocycles. The molecule has 0 heterocycles. The molecule has 0 fully saturated rings. The summed E-state index contributed by atoms with van der Waals surface area (Å²) < 4.78 is 11.1. The summed E-state index contributed by atoms with van der Waals surface area (Å²) in [6.45, 7) is 4.50. The van der Waals surface area contributed by atoms with E-state index in [1.807, 2.05) is 0 Å². The zero-order valence-electron chi connectivity index (χ0n) is 12.0. The van der Waals surface area contributed by atoms with Crippen molar-refractivity contribution in [2.75, 3.05) is 26.9 Å². The van der Waals surface area contributed by atoms with Gasteiger partial charge in [-0.3, -0.25) is 0 Å². The Labute approximate surface area is 116 Å². The van der Waals surface area contributed by atoms with Crippen molar-refractivity contribution in [2.45, 2.75) is 38.3 Å². The minimum Gasteiger partial charge on any atom is -0.383 e. The first-order chi connectivity index (χ1) is 9.31. The van der Waals surface area contributed by atoms with E-state index in [2.05, 4.69) is 36.5 Å². The summed E-state index contributed by atoms with van der Waals surface area (Å²) >= 11 is 0. The minimum absolute atomic E-state index is 0.282. The zero-order chi connectivity index (χ0) is 13.5. The molecule has 1 aromatic rings. The summed E-state index contributed by atoms with van der Waals surface area (Å²) in [4.78, 5) is 0. The number of hydrogen-bond donors (Lipinski definition) is 1. The Kier molecular flexibility index (Phi) is 5.83. The molecular formula is C16H25NO2. The molecule has 2 atom stereocenters. The molecule has 106 valence electrons. The molecule has 0 aliphatic heterocycles. The fraction of sp³-hybridized carbons (Fsp3) is 0.625. The van der Waals surface area contributed by atoms with Gasteiger partial charge in [0.05, 0.1) is 19.3 Å². The van der Waals surface area contributed by atoms with Crippen LogP contribution in [0.25, 0.3) is 0 Å². The monoisotopic (exact) mass is 263 g/mol. The molecule has 3 nitrogen and oxygen atoms in total. The van der Waals surface area contributed by atoms with Crippen molar-refractivity contribution < 1.29 is 9.47 Å². The maximum Gasteiger partial charge on any atom is 0.0828 e. The van der Waals surface area contributed by atoms with Crippen molar-refractivity contribution in [3.8, 4) is 0 Å². The molecule has 0 saturated heterocycles. The van der Waals surface area contributed by atoms with Crippen LogP contribution in [0.5, 0.6) is 0 Å². The van der Waals surface area contributed by atoms with Gasteiger partial charge in [0.25, 0.3) is 0 Å². The van der Waals surface area contributed by atoms with Gasteiger partial charge in [-0.05, 0) is 37.3 Å². The minimum atomic E-state index is 0.282. The highest BCUT2D eigenvalue weighted by atomic mass is 16.5. The van der Waals surface area contributed by atoms with Crippen molar-refractivity contribution in [1.82, 2.24) is 5.32 Å². The quantitative estimate of drug-likeness (QED) is 0.767. The first-order valence-corrected chi connectivity index (χ1v) is 7.23. The second-order valence-electron chi connectivity index (χ2n) is 5.26. The summed E-state index contributed by atoms with van der Waals surface area (Å²) in [7, 11) is 1.73. The normalized spacial score (nSPS) is 20.0. The van der Waals surface area contributed by atoms with E-state index in [1.165, 1.54) is 24.0 Å². The van der Waals surface area contributed by atoms with Crippen LogP contribution in [0.4, 0.5) is 0 Å². The Morgan fingerprint density at radius 2 is 2.21 bits per heavy atom. The molecule has 1 aromatic carbocycles. The predicted octanol–water partition coefficient (Wildman–Crippen LogP) is 2.71. The lowest BCUT2D eigenvalue weighted by Crippen LogP contribution is -2.33. The summed E-state index contributed by atoms with van der Waals surface area (Å²) in [5, 5.41) is 3.40. The van der Waals surface area contributed by atoms with Crippen LogP contribution in [0.1, 0.15) is 37.0 Å². The maximum atomic E-state index is 6.03. The van der Waals surface area contributed by atoms with Crippen LogP contribution in [0.3, 0.4) is 0 Å². The van der Waals surface area contributed by atoms with Crippen LogP contribution in [0.2, 0.25) is 0 Å². The first kappa shape index (κ1) is 14.5. The van der Waals surface area contributed by atoms with Gasteiger partial charge in [0.15, 0.2) is 0 Å². The van der Waals surface area contributed by atoms with Gasteiger partial charge in [0.1, 0.15) is 0 Å². The number of methoxy groups -OCH3 is 1. The smallest absolute Gasteiger partial charge is 0.0828 e. The van der Waals surface area contributed by atoms with E-state index in [0.717, 1.165) is 26.2 Å². The van der Waals surface area contributed by atoms with Crippen LogP contribution >= 0.6 is 0 Å². The zero-order valence-corrected chi connectivity index (χ0v) is 12.0. The molecule has 0 bridgehead atoms. The Hall–Kier alpha value is -0.900. The fourth-order valence-electron chi connectivity index (χ4n) is 2.70. The molecule has 1 aliphatic rings. The average molecular weight is 263 g/mol. The summed E-state index contributed by atoms with van der Waals surface area (Å²) in [6, 6.07) is 9.05. The third-order valence-corrected chi connectivity index (χ3v) is 3.64. The van der Waals surface area contributed by atoms with Crippen LogP contribution < -0.4 is 5.32 Å². The van der Waals surface area contributed by atoms with Crippen molar-refractivity contribution in [1.29, 1.82) is 0 Å². The Bertz CT molecular complexity index is 381. The second-order valence-corrected chi connectivity index (χ2v) is 5.26. The van der Waals surface area contributed by atoms with Gasteiger partial charge in [0, 0.05) is 19.7 Å². The number of aryl methyl sites for hydroxylation is 1. The van der Waals surface area contributed by atoms with E-state index in [1.54, 1.807) is 7.11 Å². The molecule has 0 radical (unpaired) electrons. The van der Waals surface area contributed by atoms with Gasteiger partial charge in [-0.15, -0.1) is 0 Å². The van der Waals surface area contributed by atoms with E-state index >= 15 is 0 Å². The third-order valence-electron chi connectivity index (χ3n) is 3.64. The van der Waals surface area contributed by atoms with E-state index < -0.39 is 0 Å². The van der Waals surface area contributed by atoms with Gasteiger partial charge in [-0.1, -0.05) is 24.3 Å². The summed E-state index contributed by atoms with van der Waals surface area (Å²) in [5.41, 5.74) is 2.85. The molecule has 2 rings (SSSR count). The van der Waals surface area contributed by atoms with E-state index in [4.69, 9.17) is 9.47 Å². The highest BCUT2D eigenvalue weighted by molar-refractivity contribution is 5.31. The number of rotatable bonds is 7. The molecule has 1 N–H and O–H groups in total. The molecule has 2 unspecified atom stereocenters. The van der Waals surface area contributed by atoms with Crippen LogP contribution in [0, 0.1) is 0 Å². The molecule has 19 heavy (non-hydrogen) atoms. The highest BCUT2D eigenvalue weighted by Crippen LogP contribution is 2.31. The van der Waals surface area contributed by atoms with Gasteiger partial charge in [-0.25, -0.2) is 0 Å². The SMILES string of the molecule is COCC(C)NCCOC1CCCc2ccccc21. The highest BCUT2D eigenvalue weighted by Gasteiger charge is 2.19. The molecule has 3 heteroatoms. The van der Waals surface area contributed by atoms with E-state index in [0.29, 0.717) is 6.04 Å². The van der Waals surface area contributed by atoms with Crippen LogP contribution in [-0.4, -0.2) is 32.9 Å². The van der Waals surface area contributed by atoms with E-state index in [9.17, 15) is 0 Å². The molecule has 0 amide bonds. The number of nitrogens with one attached hydrogen (secondary N) is 1. The Balaban J connectivity index is 1.75. The first-order valence-electron chi connectivity index (χ1n) is 7.23. The number of benzene rings is 1. The predicted molar refractivity (Wildman–Crippen MR) is 77.4 cm³/mol. The Morgan fingerprint density at radius 3 is 3.05 bits per heavy atom. The molecular weight excluding hydrogens is 238 g/mol. The number of fused-ring (bicyclic) bond motifs is 1. The molecule has 1 aliphatic carbocycles. The van der Waals surface area contributed by atoms with Gasteiger partial charge in [0.2, 0.25) is 0 Å². The standard InChI is InChI=1S/C16H25NO2/c1-13(12-18-2)17-10-11-19-16-9-5-7-14-6-3-4-8-15(14)16/h3-4,6,8,13,16-17H,5,7,9-12H2,1-2H3. The maximum absolute atomic E-state index is 6.03. The van der Waals surface area contributed by atoms with Crippen molar-refractivity contribution >= 4 is 0 Å². The molecule has 0 spiro atoms.